The summed E-state index contributed by atoms with van der Waals surface area (Å²) in [4.78, 5) is 24.7. The van der Waals surface area contributed by atoms with Crippen molar-refractivity contribution in [2.45, 2.75) is 30.6 Å². The summed E-state index contributed by atoms with van der Waals surface area (Å²) in [6.07, 6.45) is 7.98. The maximum absolute atomic E-state index is 12.7. The van der Waals surface area contributed by atoms with Crippen LogP contribution in [0.3, 0.4) is 0 Å². The predicted molar refractivity (Wildman–Crippen MR) is 95.8 cm³/mol. The molecule has 1 heterocycles. The van der Waals surface area contributed by atoms with E-state index in [-0.39, 0.29) is 17.2 Å². The lowest BCUT2D eigenvalue weighted by Crippen LogP contribution is -2.30. The molecule has 1 aromatic carbocycles. The van der Waals surface area contributed by atoms with E-state index in [9.17, 15) is 9.59 Å². The molecule has 2 aliphatic carbocycles. The van der Waals surface area contributed by atoms with Gasteiger partial charge in [0.15, 0.2) is 0 Å². The third-order valence-corrected chi connectivity index (χ3v) is 6.16. The van der Waals surface area contributed by atoms with Gasteiger partial charge in [-0.2, -0.15) is 0 Å². The third-order valence-electron chi connectivity index (χ3n) is 4.88. The number of hydroxylamine groups is 1. The van der Waals surface area contributed by atoms with Crippen LogP contribution in [0, 0.1) is 0 Å². The second-order valence-electron chi connectivity index (χ2n) is 6.38. The van der Waals surface area contributed by atoms with Crippen molar-refractivity contribution in [3.05, 3.63) is 69.7 Å². The molecule has 0 fully saturated rings. The van der Waals surface area contributed by atoms with Crippen molar-refractivity contribution in [2.75, 3.05) is 0 Å². The zero-order valence-corrected chi connectivity index (χ0v) is 14.3. The predicted octanol–water partition coefficient (Wildman–Crippen LogP) is 2.55. The molecule has 1 aliphatic heterocycles. The number of hydrogen-bond donors (Lipinski definition) is 3. The highest BCUT2D eigenvalue weighted by atomic mass is 32.2. The average Bonchev–Trinajstić information content (AvgIpc) is 3.24. The first-order valence-electron chi connectivity index (χ1n) is 8.28. The summed E-state index contributed by atoms with van der Waals surface area (Å²) < 4.78 is 0. The first-order valence-corrected chi connectivity index (χ1v) is 9.16. The maximum Gasteiger partial charge on any atom is 0.281 e. The fourth-order valence-corrected chi connectivity index (χ4v) is 4.79. The van der Waals surface area contributed by atoms with E-state index in [4.69, 9.17) is 5.21 Å². The molecule has 2 unspecified atom stereocenters. The summed E-state index contributed by atoms with van der Waals surface area (Å²) >= 11 is 1.38. The van der Waals surface area contributed by atoms with Crippen LogP contribution < -0.4 is 10.8 Å². The summed E-state index contributed by atoms with van der Waals surface area (Å²) in [6, 6.07) is 8.30. The van der Waals surface area contributed by atoms with Crippen LogP contribution in [0.25, 0.3) is 0 Å². The van der Waals surface area contributed by atoms with E-state index in [0.29, 0.717) is 11.3 Å². The topological polar surface area (TPSA) is 78.4 Å². The Labute approximate surface area is 149 Å². The fourth-order valence-electron chi connectivity index (χ4n) is 3.58. The molecule has 0 aromatic heterocycles. The minimum absolute atomic E-state index is 0.0438. The Kier molecular flexibility index (Phi) is 4.23. The molecule has 4 rings (SSSR count). The quantitative estimate of drug-likeness (QED) is 0.576. The van der Waals surface area contributed by atoms with E-state index in [1.165, 1.54) is 22.9 Å². The number of hydrogen-bond acceptors (Lipinski definition) is 4. The molecule has 0 saturated carbocycles. The number of carbonyl (C=O) groups excluding carboxylic acids is 2. The van der Waals surface area contributed by atoms with Gasteiger partial charge in [0.2, 0.25) is 5.91 Å². The molecule has 0 saturated heterocycles. The van der Waals surface area contributed by atoms with E-state index in [1.807, 2.05) is 24.3 Å². The molecule has 128 valence electrons. The molecule has 5 nitrogen and oxygen atoms in total. The lowest BCUT2D eigenvalue weighted by atomic mass is 9.96. The number of allylic oxidation sites excluding steroid dienone is 3. The van der Waals surface area contributed by atoms with E-state index < -0.39 is 5.91 Å². The van der Waals surface area contributed by atoms with Gasteiger partial charge in [0.25, 0.3) is 5.91 Å². The van der Waals surface area contributed by atoms with Crippen molar-refractivity contribution in [1.82, 2.24) is 10.8 Å². The summed E-state index contributed by atoms with van der Waals surface area (Å²) in [7, 11) is 0. The molecule has 2 amide bonds. The van der Waals surface area contributed by atoms with E-state index in [1.54, 1.807) is 11.6 Å². The van der Waals surface area contributed by atoms with Crippen LogP contribution in [0.5, 0.6) is 0 Å². The number of carbonyl (C=O) groups is 2. The number of nitrogens with one attached hydrogen (secondary N) is 2. The van der Waals surface area contributed by atoms with Crippen molar-refractivity contribution in [1.29, 1.82) is 0 Å². The van der Waals surface area contributed by atoms with Gasteiger partial charge in [-0.25, -0.2) is 5.48 Å². The Morgan fingerprint density at radius 3 is 2.84 bits per heavy atom. The molecule has 2 atom stereocenters. The van der Waals surface area contributed by atoms with Gasteiger partial charge < -0.3 is 5.32 Å². The zero-order valence-electron chi connectivity index (χ0n) is 13.5. The Bertz CT molecular complexity index is 841. The van der Waals surface area contributed by atoms with Crippen LogP contribution in [-0.4, -0.2) is 22.3 Å². The molecular weight excluding hydrogens is 336 g/mol. The number of aryl methyl sites for hydroxylation is 1. The normalized spacial score (nSPS) is 23.8. The van der Waals surface area contributed by atoms with Crippen LogP contribution in [0.1, 0.15) is 30.0 Å². The van der Waals surface area contributed by atoms with Crippen LogP contribution in [0.4, 0.5) is 0 Å². The number of benzene rings is 1. The lowest BCUT2D eigenvalue weighted by molar-refractivity contribution is -0.124. The summed E-state index contributed by atoms with van der Waals surface area (Å²) in [5.74, 6) is -0.550. The van der Waals surface area contributed by atoms with Crippen molar-refractivity contribution < 1.29 is 14.8 Å². The first-order chi connectivity index (χ1) is 12.2. The van der Waals surface area contributed by atoms with Gasteiger partial charge >= 0.3 is 0 Å². The summed E-state index contributed by atoms with van der Waals surface area (Å²) in [6.45, 7) is 0. The highest BCUT2D eigenvalue weighted by Crippen LogP contribution is 2.42. The molecule has 0 spiro atoms. The highest BCUT2D eigenvalue weighted by Gasteiger charge is 2.32. The Hall–Kier alpha value is -2.31. The molecule has 6 heteroatoms. The molecular formula is C19H18N2O3S. The fraction of sp³-hybridized carbons (Fsp3) is 0.263. The monoisotopic (exact) mass is 354 g/mol. The lowest BCUT2D eigenvalue weighted by Gasteiger charge is -2.20. The number of thioether (sulfide) groups is 1. The molecule has 3 aliphatic rings. The number of rotatable bonds is 3. The SMILES string of the molecule is O=C(NC1CCc2ccccc21)C1=CC=C2C=C(C(=O)NO)SC2C1. The third kappa shape index (κ3) is 3.03. The van der Waals surface area contributed by atoms with Gasteiger partial charge in [-0.3, -0.25) is 14.8 Å². The van der Waals surface area contributed by atoms with Gasteiger partial charge in [-0.1, -0.05) is 36.4 Å². The number of fused-ring (bicyclic) bond motifs is 2. The van der Waals surface area contributed by atoms with Crippen molar-refractivity contribution >= 4 is 23.6 Å². The van der Waals surface area contributed by atoms with Crippen molar-refractivity contribution in [3.63, 3.8) is 0 Å². The van der Waals surface area contributed by atoms with Gasteiger partial charge in [0.05, 0.1) is 10.9 Å². The van der Waals surface area contributed by atoms with Crippen molar-refractivity contribution in [3.8, 4) is 0 Å². The van der Waals surface area contributed by atoms with Gasteiger partial charge in [0, 0.05) is 10.8 Å². The molecule has 1 aromatic rings. The first kappa shape index (κ1) is 16.2. The van der Waals surface area contributed by atoms with E-state index in [2.05, 4.69) is 17.4 Å². The van der Waals surface area contributed by atoms with E-state index in [0.717, 1.165) is 24.0 Å². The second-order valence-corrected chi connectivity index (χ2v) is 7.63. The second kappa shape index (κ2) is 6.54. The Morgan fingerprint density at radius 1 is 1.16 bits per heavy atom. The minimum atomic E-state index is -0.506. The minimum Gasteiger partial charge on any atom is -0.345 e. The Morgan fingerprint density at radius 2 is 2.00 bits per heavy atom. The van der Waals surface area contributed by atoms with Crippen LogP contribution in [0.2, 0.25) is 0 Å². The maximum atomic E-state index is 12.7. The van der Waals surface area contributed by atoms with E-state index >= 15 is 0 Å². The van der Waals surface area contributed by atoms with Gasteiger partial charge in [-0.15, -0.1) is 11.8 Å². The summed E-state index contributed by atoms with van der Waals surface area (Å²) in [5, 5.41) is 12.0. The smallest absolute Gasteiger partial charge is 0.281 e. The summed E-state index contributed by atoms with van der Waals surface area (Å²) in [5.41, 5.74) is 5.91. The molecule has 0 bridgehead atoms. The van der Waals surface area contributed by atoms with Crippen molar-refractivity contribution in [2.24, 2.45) is 0 Å². The molecule has 3 N–H and O–H groups in total. The largest absolute Gasteiger partial charge is 0.345 e. The van der Waals surface area contributed by atoms with Crippen LogP contribution in [0.15, 0.2) is 58.5 Å². The zero-order chi connectivity index (χ0) is 17.4. The van der Waals surface area contributed by atoms with Crippen LogP contribution >= 0.6 is 11.8 Å². The standard InChI is InChI=1S/C19H18N2O3S/c22-18(20-15-8-7-11-3-1-2-4-14(11)15)13-6-5-12-9-17(19(23)21-24)25-16(12)10-13/h1-6,9,15-16,24H,7-8,10H2,(H,20,22)(H,21,23). The average molecular weight is 354 g/mol. The highest BCUT2D eigenvalue weighted by molar-refractivity contribution is 8.05. The molecule has 25 heavy (non-hydrogen) atoms. The van der Waals surface area contributed by atoms with Crippen LogP contribution in [-0.2, 0) is 16.0 Å². The van der Waals surface area contributed by atoms with Gasteiger partial charge in [-0.05, 0) is 42.0 Å². The number of amides is 2. The molecule has 0 radical (unpaired) electrons. The van der Waals surface area contributed by atoms with Gasteiger partial charge in [0.1, 0.15) is 0 Å². The Balaban J connectivity index is 1.45.